The second-order valence-corrected chi connectivity index (χ2v) is 4.64. The van der Waals surface area contributed by atoms with E-state index in [2.05, 4.69) is 17.6 Å². The van der Waals surface area contributed by atoms with Gasteiger partial charge in [-0.1, -0.05) is 6.42 Å². The molecular weight excluding hydrogens is 176 g/mol. The molecule has 0 aromatic heterocycles. The van der Waals surface area contributed by atoms with Gasteiger partial charge in [0.2, 0.25) is 5.91 Å². The minimum absolute atomic E-state index is 0.0810. The van der Waals surface area contributed by atoms with E-state index in [-0.39, 0.29) is 11.9 Å². The average Bonchev–Trinajstić information content (AvgIpc) is 2.51. The van der Waals surface area contributed by atoms with Crippen LogP contribution in [0.3, 0.4) is 0 Å². The Kier molecular flexibility index (Phi) is 3.06. The molecule has 3 nitrogen and oxygen atoms in total. The number of hydrogen-bond acceptors (Lipinski definition) is 2. The van der Waals surface area contributed by atoms with Gasteiger partial charge in [0, 0.05) is 6.04 Å². The van der Waals surface area contributed by atoms with E-state index in [1.165, 1.54) is 19.3 Å². The summed E-state index contributed by atoms with van der Waals surface area (Å²) in [5.74, 6) is 0.947. The lowest BCUT2D eigenvalue weighted by Crippen LogP contribution is -2.47. The zero-order valence-corrected chi connectivity index (χ0v) is 8.88. The van der Waals surface area contributed by atoms with Gasteiger partial charge in [-0.2, -0.15) is 0 Å². The summed E-state index contributed by atoms with van der Waals surface area (Å²) in [6.45, 7) is 3.13. The predicted molar refractivity (Wildman–Crippen MR) is 56.0 cm³/mol. The van der Waals surface area contributed by atoms with Crippen molar-refractivity contribution in [1.82, 2.24) is 10.6 Å². The monoisotopic (exact) mass is 196 g/mol. The molecule has 1 saturated heterocycles. The maximum absolute atomic E-state index is 11.7. The van der Waals surface area contributed by atoms with Crippen molar-refractivity contribution in [2.45, 2.75) is 51.1 Å². The first-order chi connectivity index (χ1) is 6.77. The molecule has 2 atom stereocenters. The molecule has 3 heteroatoms. The van der Waals surface area contributed by atoms with Gasteiger partial charge in [-0.05, 0) is 45.1 Å². The Hall–Kier alpha value is -0.570. The van der Waals surface area contributed by atoms with Gasteiger partial charge < -0.3 is 10.6 Å². The predicted octanol–water partition coefficient (Wildman–Crippen LogP) is 1.04. The molecule has 2 rings (SSSR count). The number of hydrogen-bond donors (Lipinski definition) is 2. The summed E-state index contributed by atoms with van der Waals surface area (Å²) >= 11 is 0. The number of carbonyl (C=O) groups excluding carboxylic acids is 1. The maximum atomic E-state index is 11.7. The topological polar surface area (TPSA) is 41.1 Å². The summed E-state index contributed by atoms with van der Waals surface area (Å²) < 4.78 is 0. The Morgan fingerprint density at radius 1 is 1.36 bits per heavy atom. The molecule has 1 heterocycles. The van der Waals surface area contributed by atoms with E-state index < -0.39 is 0 Å². The zero-order chi connectivity index (χ0) is 9.97. The Morgan fingerprint density at radius 2 is 2.14 bits per heavy atom. The van der Waals surface area contributed by atoms with Crippen molar-refractivity contribution in [1.29, 1.82) is 0 Å². The lowest BCUT2D eigenvalue weighted by atomic mass is 9.80. The van der Waals surface area contributed by atoms with Crippen LogP contribution in [0.15, 0.2) is 0 Å². The molecule has 0 spiro atoms. The number of nitrogens with one attached hydrogen (secondary N) is 2. The van der Waals surface area contributed by atoms with Crippen LogP contribution >= 0.6 is 0 Å². The van der Waals surface area contributed by atoms with E-state index in [1.54, 1.807) is 0 Å². The molecule has 0 radical (unpaired) electrons. The molecule has 1 unspecified atom stereocenters. The highest BCUT2D eigenvalue weighted by Crippen LogP contribution is 2.29. The molecule has 2 aliphatic rings. The zero-order valence-electron chi connectivity index (χ0n) is 8.88. The highest BCUT2D eigenvalue weighted by Gasteiger charge is 2.28. The van der Waals surface area contributed by atoms with Crippen LogP contribution in [0.2, 0.25) is 0 Å². The van der Waals surface area contributed by atoms with Crippen molar-refractivity contribution < 1.29 is 4.79 Å². The van der Waals surface area contributed by atoms with Gasteiger partial charge in [-0.25, -0.2) is 0 Å². The summed E-state index contributed by atoms with van der Waals surface area (Å²) in [6, 6.07) is 0.455. The van der Waals surface area contributed by atoms with E-state index in [1.807, 2.05) is 0 Å². The van der Waals surface area contributed by atoms with E-state index >= 15 is 0 Å². The van der Waals surface area contributed by atoms with Crippen molar-refractivity contribution in [3.8, 4) is 0 Å². The molecule has 1 saturated carbocycles. The molecule has 2 N–H and O–H groups in total. The van der Waals surface area contributed by atoms with Gasteiger partial charge in [-0.3, -0.25) is 4.79 Å². The van der Waals surface area contributed by atoms with Crippen LogP contribution in [0, 0.1) is 5.92 Å². The fraction of sp³-hybridized carbons (Fsp3) is 0.909. The van der Waals surface area contributed by atoms with Crippen LogP contribution in [0.25, 0.3) is 0 Å². The Labute approximate surface area is 85.6 Å². The van der Waals surface area contributed by atoms with Crippen LogP contribution in [-0.4, -0.2) is 24.5 Å². The van der Waals surface area contributed by atoms with Crippen molar-refractivity contribution in [3.05, 3.63) is 0 Å². The van der Waals surface area contributed by atoms with E-state index in [0.717, 1.165) is 25.3 Å². The van der Waals surface area contributed by atoms with Gasteiger partial charge in [0.1, 0.15) is 0 Å². The second-order valence-electron chi connectivity index (χ2n) is 4.64. The van der Waals surface area contributed by atoms with Crippen LogP contribution in [0.1, 0.15) is 39.0 Å². The lowest BCUT2D eigenvalue weighted by Gasteiger charge is -2.32. The van der Waals surface area contributed by atoms with Gasteiger partial charge in [-0.15, -0.1) is 0 Å². The summed E-state index contributed by atoms with van der Waals surface area (Å²) in [5.41, 5.74) is 0. The third kappa shape index (κ3) is 2.08. The normalized spacial score (nSPS) is 29.6. The minimum atomic E-state index is 0.0810. The first kappa shape index (κ1) is 9.97. The Bertz CT molecular complexity index is 207. The van der Waals surface area contributed by atoms with Gasteiger partial charge >= 0.3 is 0 Å². The van der Waals surface area contributed by atoms with E-state index in [0.29, 0.717) is 6.04 Å². The largest absolute Gasteiger partial charge is 0.352 e. The van der Waals surface area contributed by atoms with E-state index in [9.17, 15) is 4.79 Å². The fourth-order valence-electron chi connectivity index (χ4n) is 2.29. The number of carbonyl (C=O) groups is 1. The van der Waals surface area contributed by atoms with Crippen molar-refractivity contribution in [3.63, 3.8) is 0 Å². The van der Waals surface area contributed by atoms with E-state index in [4.69, 9.17) is 0 Å². The third-order valence-corrected chi connectivity index (χ3v) is 3.60. The molecule has 1 aliphatic carbocycles. The quantitative estimate of drug-likeness (QED) is 0.708. The second kappa shape index (κ2) is 4.30. The number of amides is 1. The summed E-state index contributed by atoms with van der Waals surface area (Å²) in [5, 5.41) is 6.35. The molecule has 80 valence electrons. The summed E-state index contributed by atoms with van der Waals surface area (Å²) in [4.78, 5) is 11.7. The molecular formula is C11H20N2O. The highest BCUT2D eigenvalue weighted by atomic mass is 16.2. The Balaban J connectivity index is 1.75. The van der Waals surface area contributed by atoms with Crippen LogP contribution in [-0.2, 0) is 4.79 Å². The molecule has 0 bridgehead atoms. The lowest BCUT2D eigenvalue weighted by molar-refractivity contribution is -0.123. The van der Waals surface area contributed by atoms with Crippen molar-refractivity contribution in [2.24, 2.45) is 5.92 Å². The first-order valence-corrected chi connectivity index (χ1v) is 5.81. The Morgan fingerprint density at radius 3 is 2.64 bits per heavy atom. The van der Waals surface area contributed by atoms with Crippen LogP contribution in [0.4, 0.5) is 0 Å². The molecule has 14 heavy (non-hydrogen) atoms. The van der Waals surface area contributed by atoms with Gasteiger partial charge in [0.15, 0.2) is 0 Å². The average molecular weight is 196 g/mol. The van der Waals surface area contributed by atoms with Crippen LogP contribution in [0.5, 0.6) is 0 Å². The number of rotatable bonds is 3. The van der Waals surface area contributed by atoms with Crippen molar-refractivity contribution in [2.75, 3.05) is 6.54 Å². The highest BCUT2D eigenvalue weighted by molar-refractivity contribution is 5.82. The maximum Gasteiger partial charge on any atom is 0.237 e. The van der Waals surface area contributed by atoms with Gasteiger partial charge in [0.05, 0.1) is 6.04 Å². The van der Waals surface area contributed by atoms with Gasteiger partial charge in [0.25, 0.3) is 0 Å². The standard InChI is InChI=1S/C11H20N2O/c1-8(9-4-2-5-9)13-11(14)10-6-3-7-12-10/h8-10,12H,2-7H2,1H3,(H,13,14)/t8?,10-/m0/s1. The molecule has 1 amide bonds. The van der Waals surface area contributed by atoms with Crippen molar-refractivity contribution >= 4 is 5.91 Å². The molecule has 0 aromatic carbocycles. The fourth-order valence-corrected chi connectivity index (χ4v) is 2.29. The smallest absolute Gasteiger partial charge is 0.237 e. The SMILES string of the molecule is CC(NC(=O)[C@@H]1CCCN1)C1CCC1. The third-order valence-electron chi connectivity index (χ3n) is 3.60. The minimum Gasteiger partial charge on any atom is -0.352 e. The summed E-state index contributed by atoms with van der Waals surface area (Å²) in [6.07, 6.45) is 6.06. The molecule has 0 aromatic rings. The first-order valence-electron chi connectivity index (χ1n) is 5.81. The molecule has 1 aliphatic heterocycles. The van der Waals surface area contributed by atoms with Crippen LogP contribution < -0.4 is 10.6 Å². The summed E-state index contributed by atoms with van der Waals surface area (Å²) in [7, 11) is 0. The molecule has 2 fully saturated rings.